The Kier molecular flexibility index (Phi) is 6.13. The van der Waals surface area contributed by atoms with Gasteiger partial charge in [0.2, 0.25) is 5.95 Å². The van der Waals surface area contributed by atoms with Crippen LogP contribution in [0, 0.1) is 0 Å². The summed E-state index contributed by atoms with van der Waals surface area (Å²) in [6.07, 6.45) is 11.7. The third-order valence-corrected chi connectivity index (χ3v) is 7.58. The minimum atomic E-state index is -0.349. The SMILES string of the molecule is CN(C)c1nc(N[C@H]2CC[C@@H](N(C(N)=O)c3ccc4c(c3)CCC4)CC2)nc2c1CCCC2. The van der Waals surface area contributed by atoms with Crippen LogP contribution in [0.2, 0.25) is 0 Å². The topological polar surface area (TPSA) is 87.4 Å². The monoisotopic (exact) mass is 448 g/mol. The van der Waals surface area contributed by atoms with Crippen molar-refractivity contribution in [3.05, 3.63) is 40.6 Å². The van der Waals surface area contributed by atoms with E-state index in [1.807, 2.05) is 4.90 Å². The maximum Gasteiger partial charge on any atom is 0.319 e. The minimum Gasteiger partial charge on any atom is -0.362 e. The normalized spacial score (nSPS) is 21.8. The maximum absolute atomic E-state index is 12.4. The van der Waals surface area contributed by atoms with E-state index in [0.717, 1.165) is 68.8 Å². The van der Waals surface area contributed by atoms with E-state index in [0.29, 0.717) is 6.04 Å². The number of fused-ring (bicyclic) bond motifs is 2. The minimum absolute atomic E-state index is 0.141. The van der Waals surface area contributed by atoms with Gasteiger partial charge in [-0.3, -0.25) is 4.90 Å². The molecule has 0 atom stereocenters. The fourth-order valence-electron chi connectivity index (χ4n) is 5.90. The number of aryl methyl sites for hydroxylation is 3. The average Bonchev–Trinajstić information content (AvgIpc) is 3.27. The molecule has 0 bridgehead atoms. The fraction of sp³-hybridized carbons (Fsp3) is 0.577. The van der Waals surface area contributed by atoms with Crippen LogP contribution in [0.15, 0.2) is 18.2 Å². The van der Waals surface area contributed by atoms with Crippen LogP contribution in [-0.2, 0) is 25.7 Å². The van der Waals surface area contributed by atoms with Crippen molar-refractivity contribution in [3.8, 4) is 0 Å². The molecule has 5 rings (SSSR count). The quantitative estimate of drug-likeness (QED) is 0.715. The van der Waals surface area contributed by atoms with Crippen LogP contribution in [0.5, 0.6) is 0 Å². The lowest BCUT2D eigenvalue weighted by Gasteiger charge is -2.36. The Morgan fingerprint density at radius 2 is 1.73 bits per heavy atom. The first-order chi connectivity index (χ1) is 16.0. The van der Waals surface area contributed by atoms with Crippen molar-refractivity contribution in [3.63, 3.8) is 0 Å². The Labute approximate surface area is 196 Å². The van der Waals surface area contributed by atoms with Gasteiger partial charge in [-0.05, 0) is 93.9 Å². The first-order valence-electron chi connectivity index (χ1n) is 12.5. The van der Waals surface area contributed by atoms with E-state index in [4.69, 9.17) is 15.7 Å². The van der Waals surface area contributed by atoms with E-state index in [-0.39, 0.29) is 12.1 Å². The number of nitrogens with one attached hydrogen (secondary N) is 1. The Balaban J connectivity index is 1.27. The van der Waals surface area contributed by atoms with Crippen LogP contribution in [0.25, 0.3) is 0 Å². The summed E-state index contributed by atoms with van der Waals surface area (Å²) in [6.45, 7) is 0. The molecule has 0 radical (unpaired) electrons. The number of anilines is 3. The van der Waals surface area contributed by atoms with Gasteiger partial charge in [-0.25, -0.2) is 9.78 Å². The number of benzene rings is 1. The highest BCUT2D eigenvalue weighted by Crippen LogP contribution is 2.33. The molecule has 0 unspecified atom stereocenters. The third-order valence-electron chi connectivity index (χ3n) is 7.58. The molecule has 3 aliphatic rings. The molecule has 176 valence electrons. The smallest absolute Gasteiger partial charge is 0.319 e. The molecule has 3 aliphatic carbocycles. The predicted octanol–water partition coefficient (Wildman–Crippen LogP) is 4.22. The van der Waals surface area contributed by atoms with Crippen LogP contribution in [-0.4, -0.2) is 42.2 Å². The Morgan fingerprint density at radius 1 is 0.970 bits per heavy atom. The summed E-state index contributed by atoms with van der Waals surface area (Å²) in [5.41, 5.74) is 12.1. The molecule has 7 nitrogen and oxygen atoms in total. The van der Waals surface area contributed by atoms with Gasteiger partial charge in [0.25, 0.3) is 0 Å². The van der Waals surface area contributed by atoms with Crippen LogP contribution >= 0.6 is 0 Å². The highest BCUT2D eigenvalue weighted by molar-refractivity contribution is 5.91. The molecule has 33 heavy (non-hydrogen) atoms. The number of nitrogens with two attached hydrogens (primary N) is 1. The molecule has 2 aromatic rings. The summed E-state index contributed by atoms with van der Waals surface area (Å²) in [7, 11) is 4.12. The summed E-state index contributed by atoms with van der Waals surface area (Å²) in [5, 5.41) is 3.61. The number of carbonyl (C=O) groups is 1. The number of amides is 2. The summed E-state index contributed by atoms with van der Waals surface area (Å²) in [5.74, 6) is 1.79. The van der Waals surface area contributed by atoms with Gasteiger partial charge < -0.3 is 16.0 Å². The lowest BCUT2D eigenvalue weighted by atomic mass is 9.89. The van der Waals surface area contributed by atoms with Gasteiger partial charge in [-0.1, -0.05) is 6.07 Å². The van der Waals surface area contributed by atoms with Crippen LogP contribution in [0.4, 0.5) is 22.2 Å². The van der Waals surface area contributed by atoms with Crippen LogP contribution in [0.3, 0.4) is 0 Å². The molecule has 2 amide bonds. The number of urea groups is 1. The molecule has 7 heteroatoms. The van der Waals surface area contributed by atoms with E-state index in [9.17, 15) is 4.79 Å². The molecule has 1 aromatic carbocycles. The van der Waals surface area contributed by atoms with E-state index in [1.165, 1.54) is 41.6 Å². The largest absolute Gasteiger partial charge is 0.362 e. The number of primary amides is 1. The van der Waals surface area contributed by atoms with Gasteiger partial charge in [0, 0.05) is 37.4 Å². The van der Waals surface area contributed by atoms with Crippen molar-refractivity contribution in [2.24, 2.45) is 5.73 Å². The molecular formula is C26H36N6O. The second kappa shape index (κ2) is 9.20. The molecule has 0 spiro atoms. The molecular weight excluding hydrogens is 412 g/mol. The van der Waals surface area contributed by atoms with E-state index in [2.05, 4.69) is 42.5 Å². The van der Waals surface area contributed by atoms with Gasteiger partial charge in [0.1, 0.15) is 5.82 Å². The van der Waals surface area contributed by atoms with Crippen molar-refractivity contribution in [1.82, 2.24) is 9.97 Å². The Bertz CT molecular complexity index is 1030. The van der Waals surface area contributed by atoms with Gasteiger partial charge in [-0.15, -0.1) is 0 Å². The van der Waals surface area contributed by atoms with E-state index in [1.54, 1.807) is 0 Å². The van der Waals surface area contributed by atoms with Crippen molar-refractivity contribution in [2.75, 3.05) is 29.2 Å². The number of hydrogen-bond acceptors (Lipinski definition) is 5. The Hall–Kier alpha value is -2.83. The number of aromatic nitrogens is 2. The lowest BCUT2D eigenvalue weighted by molar-refractivity contribution is 0.248. The lowest BCUT2D eigenvalue weighted by Crippen LogP contribution is -2.47. The molecule has 1 saturated carbocycles. The van der Waals surface area contributed by atoms with Gasteiger partial charge >= 0.3 is 6.03 Å². The van der Waals surface area contributed by atoms with Crippen molar-refractivity contribution in [1.29, 1.82) is 0 Å². The average molecular weight is 449 g/mol. The summed E-state index contributed by atoms with van der Waals surface area (Å²) in [6, 6.07) is 6.54. The summed E-state index contributed by atoms with van der Waals surface area (Å²) >= 11 is 0. The highest BCUT2D eigenvalue weighted by Gasteiger charge is 2.30. The zero-order valence-electron chi connectivity index (χ0n) is 19.9. The third kappa shape index (κ3) is 4.50. The van der Waals surface area contributed by atoms with Crippen LogP contribution in [0.1, 0.15) is 67.3 Å². The molecule has 1 fully saturated rings. The molecule has 3 N–H and O–H groups in total. The number of nitrogens with zero attached hydrogens (tertiary/aromatic N) is 4. The standard InChI is InChI=1S/C26H36N6O/c1-31(2)24-22-8-3-4-9-23(22)29-26(30-24)28-19-11-14-20(15-12-19)32(25(27)33)21-13-10-17-6-5-7-18(17)16-21/h10,13,16,19-20H,3-9,11-12,14-15H2,1-2H3,(H2,27,33)(H,28,29,30)/t19-,20+. The number of rotatable bonds is 5. The summed E-state index contributed by atoms with van der Waals surface area (Å²) < 4.78 is 0. The molecule has 1 aromatic heterocycles. The van der Waals surface area contributed by atoms with Crippen molar-refractivity contribution < 1.29 is 4.79 Å². The first kappa shape index (κ1) is 22.0. The zero-order chi connectivity index (χ0) is 22.9. The molecule has 1 heterocycles. The number of hydrogen-bond donors (Lipinski definition) is 2. The van der Waals surface area contributed by atoms with Crippen LogP contribution < -0.4 is 20.9 Å². The van der Waals surface area contributed by atoms with E-state index >= 15 is 0 Å². The first-order valence-corrected chi connectivity index (χ1v) is 12.5. The van der Waals surface area contributed by atoms with Crippen molar-refractivity contribution >= 4 is 23.5 Å². The summed E-state index contributed by atoms with van der Waals surface area (Å²) in [4.78, 5) is 26.1. The zero-order valence-corrected chi connectivity index (χ0v) is 19.9. The fourth-order valence-corrected chi connectivity index (χ4v) is 5.90. The van der Waals surface area contributed by atoms with E-state index < -0.39 is 0 Å². The van der Waals surface area contributed by atoms with Gasteiger partial charge in [0.15, 0.2) is 0 Å². The second-order valence-corrected chi connectivity index (χ2v) is 10.1. The Morgan fingerprint density at radius 3 is 2.48 bits per heavy atom. The van der Waals surface area contributed by atoms with Crippen molar-refractivity contribution in [2.45, 2.75) is 82.7 Å². The predicted molar refractivity (Wildman–Crippen MR) is 133 cm³/mol. The van der Waals surface area contributed by atoms with Gasteiger partial charge in [0.05, 0.1) is 5.69 Å². The molecule has 0 aliphatic heterocycles. The second-order valence-electron chi connectivity index (χ2n) is 10.1. The highest BCUT2D eigenvalue weighted by atomic mass is 16.2. The number of carbonyl (C=O) groups excluding carboxylic acids is 1. The maximum atomic E-state index is 12.4. The molecule has 0 saturated heterocycles. The van der Waals surface area contributed by atoms with Gasteiger partial charge in [-0.2, -0.15) is 4.98 Å².